The second-order valence-electron chi connectivity index (χ2n) is 6.90. The summed E-state index contributed by atoms with van der Waals surface area (Å²) in [4.78, 5) is 16.3. The van der Waals surface area contributed by atoms with Crippen molar-refractivity contribution in [2.45, 2.75) is 26.2 Å². The summed E-state index contributed by atoms with van der Waals surface area (Å²) in [6.45, 7) is 6.28. The standard InChI is InChI=1S/C18H23N5OS/c1-18(2,3)15-11-16(23(4)21-15)20-17(24)22-25-10-7-14(12-25)13-5-8-19-9-6-13/h5-12,25H,1-4H3,(H2,20,22,24). The van der Waals surface area contributed by atoms with Crippen LogP contribution in [0.15, 0.2) is 47.5 Å². The van der Waals surface area contributed by atoms with E-state index in [1.165, 1.54) is 0 Å². The minimum absolute atomic E-state index is 0.0609. The van der Waals surface area contributed by atoms with Crippen LogP contribution in [0.4, 0.5) is 10.6 Å². The van der Waals surface area contributed by atoms with Crippen molar-refractivity contribution in [2.24, 2.45) is 7.05 Å². The second-order valence-corrected chi connectivity index (χ2v) is 8.49. The number of thiol groups is 1. The number of pyridine rings is 1. The monoisotopic (exact) mass is 357 g/mol. The molecule has 2 aromatic heterocycles. The number of rotatable bonds is 3. The third-order valence-corrected chi connectivity index (χ3v) is 5.31. The van der Waals surface area contributed by atoms with E-state index in [-0.39, 0.29) is 11.4 Å². The van der Waals surface area contributed by atoms with Gasteiger partial charge in [-0.15, -0.1) is 11.1 Å². The summed E-state index contributed by atoms with van der Waals surface area (Å²) in [6, 6.07) is 5.60. The molecule has 0 radical (unpaired) electrons. The van der Waals surface area contributed by atoms with E-state index in [0.29, 0.717) is 5.82 Å². The number of urea groups is 1. The van der Waals surface area contributed by atoms with E-state index in [0.717, 1.165) is 16.8 Å². The van der Waals surface area contributed by atoms with Crippen LogP contribution in [0.3, 0.4) is 0 Å². The molecule has 3 rings (SSSR count). The zero-order valence-electron chi connectivity index (χ0n) is 14.8. The molecule has 2 aromatic rings. The van der Waals surface area contributed by atoms with Crippen molar-refractivity contribution in [1.29, 1.82) is 0 Å². The van der Waals surface area contributed by atoms with E-state index in [2.05, 4.69) is 46.3 Å². The van der Waals surface area contributed by atoms with Gasteiger partial charge < -0.3 is 0 Å². The van der Waals surface area contributed by atoms with Gasteiger partial charge >= 0.3 is 6.03 Å². The smallest absolute Gasteiger partial charge is 0.295 e. The van der Waals surface area contributed by atoms with Crippen molar-refractivity contribution < 1.29 is 4.79 Å². The molecule has 0 spiro atoms. The van der Waals surface area contributed by atoms with Crippen molar-refractivity contribution in [1.82, 2.24) is 19.5 Å². The summed E-state index contributed by atoms with van der Waals surface area (Å²) < 4.78 is 4.69. The van der Waals surface area contributed by atoms with Crippen LogP contribution in [0.25, 0.3) is 5.57 Å². The number of carbonyl (C=O) groups is 1. The number of hydrogen-bond acceptors (Lipinski definition) is 3. The highest BCUT2D eigenvalue weighted by molar-refractivity contribution is 8.21. The van der Waals surface area contributed by atoms with Crippen LogP contribution in [-0.4, -0.2) is 20.8 Å². The van der Waals surface area contributed by atoms with Crippen molar-refractivity contribution in [3.05, 3.63) is 58.7 Å². The molecule has 132 valence electrons. The Bertz CT molecular complexity index is 833. The van der Waals surface area contributed by atoms with Crippen LogP contribution >= 0.6 is 11.1 Å². The average Bonchev–Trinajstić information content (AvgIpc) is 3.15. The Balaban J connectivity index is 1.64. The van der Waals surface area contributed by atoms with Crippen molar-refractivity contribution in [3.63, 3.8) is 0 Å². The number of amides is 2. The van der Waals surface area contributed by atoms with Crippen LogP contribution in [0, 0.1) is 0 Å². The van der Waals surface area contributed by atoms with Crippen molar-refractivity contribution >= 4 is 28.5 Å². The molecule has 6 nitrogen and oxygen atoms in total. The van der Waals surface area contributed by atoms with Crippen LogP contribution < -0.4 is 10.0 Å². The zero-order chi connectivity index (χ0) is 18.0. The summed E-state index contributed by atoms with van der Waals surface area (Å²) in [7, 11) is 1.83. The number of hydrogen-bond donors (Lipinski definition) is 3. The fourth-order valence-corrected chi connectivity index (χ4v) is 3.77. The summed E-state index contributed by atoms with van der Waals surface area (Å²) in [5, 5.41) is 11.4. The number of anilines is 1. The van der Waals surface area contributed by atoms with E-state index >= 15 is 0 Å². The Morgan fingerprint density at radius 1 is 1.24 bits per heavy atom. The minimum Gasteiger partial charge on any atom is -0.295 e. The Morgan fingerprint density at radius 2 is 1.96 bits per heavy atom. The lowest BCUT2D eigenvalue weighted by Gasteiger charge is -2.14. The molecule has 3 heterocycles. The fourth-order valence-electron chi connectivity index (χ4n) is 2.39. The van der Waals surface area contributed by atoms with Crippen LogP contribution in [0.2, 0.25) is 0 Å². The van der Waals surface area contributed by atoms with Crippen molar-refractivity contribution in [3.8, 4) is 0 Å². The van der Waals surface area contributed by atoms with Gasteiger partial charge in [0.05, 0.1) is 5.69 Å². The summed E-state index contributed by atoms with van der Waals surface area (Å²) >= 11 is -0.824. The molecule has 1 unspecified atom stereocenters. The first-order chi connectivity index (χ1) is 11.8. The quantitative estimate of drug-likeness (QED) is 0.733. The molecule has 2 N–H and O–H groups in total. The van der Waals surface area contributed by atoms with Gasteiger partial charge in [0, 0.05) is 30.9 Å². The Hall–Kier alpha value is -2.54. The van der Waals surface area contributed by atoms with Crippen LogP contribution in [0.1, 0.15) is 32.0 Å². The van der Waals surface area contributed by atoms with Gasteiger partial charge in [-0.2, -0.15) is 5.10 Å². The van der Waals surface area contributed by atoms with Crippen LogP contribution in [0.5, 0.6) is 0 Å². The van der Waals surface area contributed by atoms with Gasteiger partial charge in [-0.1, -0.05) is 20.8 Å². The first-order valence-corrected chi connectivity index (χ1v) is 9.52. The lowest BCUT2D eigenvalue weighted by atomic mass is 9.92. The molecule has 1 atom stereocenters. The molecule has 0 bridgehead atoms. The lowest BCUT2D eigenvalue weighted by molar-refractivity contribution is 0.257. The number of nitrogens with zero attached hydrogens (tertiary/aromatic N) is 3. The second kappa shape index (κ2) is 6.76. The molecule has 0 saturated carbocycles. The predicted molar refractivity (Wildman–Crippen MR) is 104 cm³/mol. The highest BCUT2D eigenvalue weighted by Crippen LogP contribution is 2.36. The maximum Gasteiger partial charge on any atom is 0.329 e. The molecule has 0 saturated heterocycles. The molecular weight excluding hydrogens is 334 g/mol. The maximum absolute atomic E-state index is 12.3. The van der Waals surface area contributed by atoms with Gasteiger partial charge in [0.2, 0.25) is 0 Å². The van der Waals surface area contributed by atoms with E-state index in [9.17, 15) is 4.79 Å². The lowest BCUT2D eigenvalue weighted by Crippen LogP contribution is -2.25. The molecule has 0 aliphatic carbocycles. The first-order valence-electron chi connectivity index (χ1n) is 8.04. The third-order valence-electron chi connectivity index (χ3n) is 3.83. The van der Waals surface area contributed by atoms with Gasteiger partial charge in [0.1, 0.15) is 5.82 Å². The fraction of sp³-hybridized carbons (Fsp3) is 0.278. The Kier molecular flexibility index (Phi) is 4.67. The Labute approximate surface area is 150 Å². The molecule has 2 amide bonds. The summed E-state index contributed by atoms with van der Waals surface area (Å²) in [6.07, 6.45) is 5.56. The van der Waals surface area contributed by atoms with Gasteiger partial charge in [-0.05, 0) is 40.2 Å². The van der Waals surface area contributed by atoms with Crippen molar-refractivity contribution in [2.75, 3.05) is 5.32 Å². The topological polar surface area (TPSA) is 71.8 Å². The zero-order valence-corrected chi connectivity index (χ0v) is 15.7. The highest BCUT2D eigenvalue weighted by Gasteiger charge is 2.20. The largest absolute Gasteiger partial charge is 0.329 e. The van der Waals surface area contributed by atoms with E-state index in [1.54, 1.807) is 17.1 Å². The van der Waals surface area contributed by atoms with Gasteiger partial charge in [0.25, 0.3) is 0 Å². The highest BCUT2D eigenvalue weighted by atomic mass is 32.2. The number of aryl methyl sites for hydroxylation is 1. The molecular formula is C18H23N5OS. The first kappa shape index (κ1) is 17.3. The van der Waals surface area contributed by atoms with Gasteiger partial charge in [-0.3, -0.25) is 19.7 Å². The van der Waals surface area contributed by atoms with E-state index in [4.69, 9.17) is 0 Å². The van der Waals surface area contributed by atoms with Gasteiger partial charge in [0.15, 0.2) is 0 Å². The number of allylic oxidation sites excluding steroid dienone is 2. The number of nitrogens with one attached hydrogen (secondary N) is 2. The summed E-state index contributed by atoms with van der Waals surface area (Å²) in [5.74, 6) is 0.680. The van der Waals surface area contributed by atoms with Gasteiger partial charge in [-0.25, -0.2) is 4.79 Å². The van der Waals surface area contributed by atoms with Crippen LogP contribution in [-0.2, 0) is 12.5 Å². The molecule has 0 aromatic carbocycles. The average molecular weight is 357 g/mol. The molecule has 7 heteroatoms. The predicted octanol–water partition coefficient (Wildman–Crippen LogP) is 3.72. The maximum atomic E-state index is 12.3. The Morgan fingerprint density at radius 3 is 2.60 bits per heavy atom. The molecule has 1 aliphatic rings. The molecule has 0 fully saturated rings. The normalized spacial score (nSPS) is 18.1. The number of carbonyl (C=O) groups excluding carboxylic acids is 1. The number of aromatic nitrogens is 3. The molecule has 25 heavy (non-hydrogen) atoms. The summed E-state index contributed by atoms with van der Waals surface area (Å²) in [5.41, 5.74) is 3.08. The third kappa shape index (κ3) is 4.11. The minimum atomic E-state index is -0.824. The molecule has 1 aliphatic heterocycles. The van der Waals surface area contributed by atoms with E-state index in [1.807, 2.05) is 36.7 Å². The SMILES string of the molecule is Cn1nc(C(C)(C)C)cc1NC(=O)N[SH]1C=CC(c2ccncc2)=C1. The van der Waals surface area contributed by atoms with E-state index < -0.39 is 11.1 Å².